The van der Waals surface area contributed by atoms with Gasteiger partial charge in [0.05, 0.1) is 31.2 Å². The van der Waals surface area contributed by atoms with Crippen LogP contribution in [0.2, 0.25) is 0 Å². The molecule has 0 saturated carbocycles. The number of carbonyl (C=O) groups is 4. The number of ether oxygens (including phenoxy) is 4. The molecule has 6 rings (SSSR count). The van der Waals surface area contributed by atoms with Crippen molar-refractivity contribution in [2.45, 2.75) is 68.9 Å². The van der Waals surface area contributed by atoms with Crippen molar-refractivity contribution in [1.82, 2.24) is 16.0 Å². The summed E-state index contributed by atoms with van der Waals surface area (Å²) in [5.41, 5.74) is 6.79. The molecule has 1 aliphatic rings. The molecule has 344 valence electrons. The van der Waals surface area contributed by atoms with Crippen molar-refractivity contribution >= 4 is 23.9 Å². The van der Waals surface area contributed by atoms with Crippen LogP contribution in [0.25, 0.3) is 11.1 Å². The number of aliphatic hydroxyl groups excluding tert-OH is 1. The number of hydrogen-bond acceptors (Lipinski definition) is 9. The number of fused-ring (bicyclic) bond motifs is 3. The Kier molecular flexibility index (Phi) is 18.3. The van der Waals surface area contributed by atoms with Gasteiger partial charge < -0.3 is 40.0 Å². The predicted molar refractivity (Wildman–Crippen MR) is 253 cm³/mol. The van der Waals surface area contributed by atoms with Gasteiger partial charge in [-0.25, -0.2) is 9.59 Å². The second-order valence-electron chi connectivity index (χ2n) is 16.2. The lowest BCUT2D eigenvalue weighted by Gasteiger charge is -2.30. The number of allylic oxidation sites excluding steroid dienone is 2. The number of esters is 1. The van der Waals surface area contributed by atoms with Crippen LogP contribution in [0, 0.1) is 5.92 Å². The zero-order chi connectivity index (χ0) is 46.7. The average molecular weight is 894 g/mol. The summed E-state index contributed by atoms with van der Waals surface area (Å²) >= 11 is 0. The Morgan fingerprint density at radius 3 is 2.00 bits per heavy atom. The van der Waals surface area contributed by atoms with Gasteiger partial charge in [0.2, 0.25) is 11.8 Å². The summed E-state index contributed by atoms with van der Waals surface area (Å²) in [6.45, 7) is 7.71. The SMILES string of the molecule is C=CCC[C@H](NC(=O)OCC1c2ccccc2-c2ccccc21)C(=O)O[C@@H](c1ccccc1)[C@H](COC)NC(=O)[C@H](CC=C)CC(=O)N[C@H](CO)Cc1ccc(OCc2ccccc2)cc1. The fraction of sp³-hybridized carbons (Fsp3) is 0.296. The highest BCUT2D eigenvalue weighted by molar-refractivity contribution is 5.86. The fourth-order valence-corrected chi connectivity index (χ4v) is 8.14. The zero-order valence-corrected chi connectivity index (χ0v) is 37.3. The molecule has 0 aliphatic heterocycles. The van der Waals surface area contributed by atoms with Gasteiger partial charge in [0.25, 0.3) is 0 Å². The number of aliphatic hydroxyl groups is 1. The van der Waals surface area contributed by atoms with Crippen molar-refractivity contribution in [2.75, 3.05) is 26.9 Å². The quantitative estimate of drug-likeness (QED) is 0.0335. The number of alkyl carbamates (subject to hydrolysis) is 1. The van der Waals surface area contributed by atoms with E-state index in [2.05, 4.69) is 41.2 Å². The standard InChI is InChI=1S/C54H59N3O9/c1-4-6-26-48(57-54(62)65-35-47-45-24-15-13-22-43(45)44-23-14-16-25-46(44)47)53(61)66-51(39-20-11-8-12-21-39)49(36-63-3)56-52(60)40(17-5-2)32-50(59)55-41(33-58)31-37-27-29-42(30-28-37)64-34-38-18-9-7-10-19-38/h4-5,7-16,18-25,27-30,40-41,47-49,51,58H,1-2,6,17,26,31-36H2,3H3,(H,55,59)(H,56,60)(H,57,62)/t40-,41+,48+,49+,51+/m1/s1. The largest absolute Gasteiger partial charge is 0.489 e. The minimum Gasteiger partial charge on any atom is -0.489 e. The molecule has 1 aliphatic carbocycles. The van der Waals surface area contributed by atoms with Crippen LogP contribution in [0.5, 0.6) is 5.75 Å². The lowest BCUT2D eigenvalue weighted by atomic mass is 9.97. The van der Waals surface area contributed by atoms with Gasteiger partial charge in [-0.3, -0.25) is 9.59 Å². The van der Waals surface area contributed by atoms with E-state index in [4.69, 9.17) is 18.9 Å². The third-order valence-corrected chi connectivity index (χ3v) is 11.5. The van der Waals surface area contributed by atoms with Gasteiger partial charge in [-0.05, 0) is 76.8 Å². The Bertz CT molecular complexity index is 2330. The Balaban J connectivity index is 1.08. The van der Waals surface area contributed by atoms with E-state index in [-0.39, 0.29) is 45.0 Å². The summed E-state index contributed by atoms with van der Waals surface area (Å²) in [4.78, 5) is 55.1. The molecule has 0 saturated heterocycles. The van der Waals surface area contributed by atoms with Gasteiger partial charge >= 0.3 is 12.1 Å². The van der Waals surface area contributed by atoms with Gasteiger partial charge in [0, 0.05) is 19.4 Å². The first-order valence-electron chi connectivity index (χ1n) is 22.2. The van der Waals surface area contributed by atoms with Crippen molar-refractivity contribution in [2.24, 2.45) is 5.92 Å². The normalized spacial score (nSPS) is 13.9. The molecule has 0 fully saturated rings. The highest BCUT2D eigenvalue weighted by Gasteiger charge is 2.35. The van der Waals surface area contributed by atoms with Crippen molar-refractivity contribution in [3.63, 3.8) is 0 Å². The number of amides is 3. The third-order valence-electron chi connectivity index (χ3n) is 11.5. The molecule has 0 bridgehead atoms. The van der Waals surface area contributed by atoms with E-state index in [0.717, 1.165) is 33.4 Å². The van der Waals surface area contributed by atoms with Gasteiger partial charge in [-0.1, -0.05) is 133 Å². The van der Waals surface area contributed by atoms with Gasteiger partial charge in [-0.2, -0.15) is 0 Å². The zero-order valence-electron chi connectivity index (χ0n) is 37.3. The van der Waals surface area contributed by atoms with Crippen LogP contribution in [-0.2, 0) is 41.6 Å². The molecule has 0 spiro atoms. The molecule has 0 heterocycles. The maximum atomic E-state index is 14.1. The molecule has 5 atom stereocenters. The van der Waals surface area contributed by atoms with Crippen molar-refractivity contribution < 1.29 is 43.2 Å². The van der Waals surface area contributed by atoms with Gasteiger partial charge in [0.15, 0.2) is 0 Å². The second kappa shape index (κ2) is 24.9. The van der Waals surface area contributed by atoms with Crippen LogP contribution in [0.3, 0.4) is 0 Å². The Labute approximate surface area is 387 Å². The molecule has 12 nitrogen and oxygen atoms in total. The second-order valence-corrected chi connectivity index (χ2v) is 16.2. The Morgan fingerprint density at radius 2 is 1.38 bits per heavy atom. The highest BCUT2D eigenvalue weighted by atomic mass is 16.6. The molecule has 0 unspecified atom stereocenters. The van der Waals surface area contributed by atoms with Crippen LogP contribution >= 0.6 is 0 Å². The molecular formula is C54H59N3O9. The number of carbonyl (C=O) groups excluding carboxylic acids is 4. The maximum absolute atomic E-state index is 14.1. The number of nitrogens with one attached hydrogen (secondary N) is 3. The maximum Gasteiger partial charge on any atom is 0.407 e. The van der Waals surface area contributed by atoms with Crippen molar-refractivity contribution in [3.05, 3.63) is 187 Å². The summed E-state index contributed by atoms with van der Waals surface area (Å²) in [6.07, 6.45) is 2.22. The summed E-state index contributed by atoms with van der Waals surface area (Å²) in [5, 5.41) is 18.8. The first kappa shape index (κ1) is 48.4. The summed E-state index contributed by atoms with van der Waals surface area (Å²) < 4.78 is 23.4. The molecule has 5 aromatic carbocycles. The molecule has 0 radical (unpaired) electrons. The first-order valence-corrected chi connectivity index (χ1v) is 22.2. The predicted octanol–water partition coefficient (Wildman–Crippen LogP) is 8.16. The van der Waals surface area contributed by atoms with E-state index < -0.39 is 54.0 Å². The molecular weight excluding hydrogens is 835 g/mol. The lowest BCUT2D eigenvalue weighted by Crippen LogP contribution is -2.49. The van der Waals surface area contributed by atoms with Crippen molar-refractivity contribution in [1.29, 1.82) is 0 Å². The molecule has 3 amide bonds. The van der Waals surface area contributed by atoms with E-state index in [1.807, 2.05) is 97.1 Å². The minimum atomic E-state index is -1.12. The van der Waals surface area contributed by atoms with Gasteiger partial charge in [-0.15, -0.1) is 13.2 Å². The first-order chi connectivity index (χ1) is 32.2. The molecule has 12 heteroatoms. The summed E-state index contributed by atoms with van der Waals surface area (Å²) in [5.74, 6) is -2.01. The molecule has 5 aromatic rings. The van der Waals surface area contributed by atoms with Crippen molar-refractivity contribution in [3.8, 4) is 16.9 Å². The molecule has 0 aromatic heterocycles. The monoisotopic (exact) mass is 893 g/mol. The van der Waals surface area contributed by atoms with Crippen LogP contribution in [0.1, 0.15) is 65.5 Å². The number of hydrogen-bond donors (Lipinski definition) is 4. The fourth-order valence-electron chi connectivity index (χ4n) is 8.14. The van der Waals surface area contributed by atoms with E-state index >= 15 is 0 Å². The van der Waals surface area contributed by atoms with E-state index in [0.29, 0.717) is 30.8 Å². The number of benzene rings is 5. The number of rotatable bonds is 25. The van der Waals surface area contributed by atoms with Gasteiger partial charge in [0.1, 0.15) is 31.1 Å². The van der Waals surface area contributed by atoms with Crippen LogP contribution in [0.15, 0.2) is 159 Å². The third kappa shape index (κ3) is 13.5. The molecule has 66 heavy (non-hydrogen) atoms. The smallest absolute Gasteiger partial charge is 0.407 e. The van der Waals surface area contributed by atoms with E-state index in [9.17, 15) is 24.3 Å². The molecule has 4 N–H and O–H groups in total. The average Bonchev–Trinajstić information content (AvgIpc) is 3.66. The minimum absolute atomic E-state index is 0.0573. The highest BCUT2D eigenvalue weighted by Crippen LogP contribution is 2.44. The van der Waals surface area contributed by atoms with E-state index in [1.54, 1.807) is 36.4 Å². The van der Waals surface area contributed by atoms with Crippen LogP contribution < -0.4 is 20.7 Å². The van der Waals surface area contributed by atoms with E-state index in [1.165, 1.54) is 7.11 Å². The Hall–Kier alpha value is -7.02. The lowest BCUT2D eigenvalue weighted by molar-refractivity contribution is -0.155. The topological polar surface area (TPSA) is 162 Å². The summed E-state index contributed by atoms with van der Waals surface area (Å²) in [7, 11) is 1.46. The summed E-state index contributed by atoms with van der Waals surface area (Å²) in [6, 6.07) is 39.6. The van der Waals surface area contributed by atoms with Crippen LogP contribution in [-0.4, -0.2) is 74.0 Å². The number of methoxy groups -OCH3 is 1. The van der Waals surface area contributed by atoms with Crippen LogP contribution in [0.4, 0.5) is 4.79 Å². The Morgan fingerprint density at radius 1 is 0.742 bits per heavy atom.